The molecule has 0 spiro atoms. The molecular formula is C25H26F3N3O2S. The fourth-order valence-corrected chi connectivity index (χ4v) is 5.02. The third-order valence-corrected chi connectivity index (χ3v) is 7.10. The largest absolute Gasteiger partial charge is 0.418 e. The smallest absolute Gasteiger partial charge is 0.341 e. The highest BCUT2D eigenvalue weighted by atomic mass is 32.2. The van der Waals surface area contributed by atoms with Gasteiger partial charge in [0, 0.05) is 35.1 Å². The van der Waals surface area contributed by atoms with Gasteiger partial charge in [-0.3, -0.25) is 9.59 Å². The van der Waals surface area contributed by atoms with Gasteiger partial charge in [-0.1, -0.05) is 37.3 Å². The van der Waals surface area contributed by atoms with Gasteiger partial charge >= 0.3 is 6.18 Å². The summed E-state index contributed by atoms with van der Waals surface area (Å²) in [7, 11) is 0. The summed E-state index contributed by atoms with van der Waals surface area (Å²) in [6.45, 7) is 3.93. The second-order valence-corrected chi connectivity index (χ2v) is 9.60. The lowest BCUT2D eigenvalue weighted by atomic mass is 9.99. The Morgan fingerprint density at radius 2 is 1.74 bits per heavy atom. The minimum atomic E-state index is -4.55. The van der Waals surface area contributed by atoms with E-state index >= 15 is 0 Å². The van der Waals surface area contributed by atoms with Crippen LogP contribution in [0.25, 0.3) is 10.9 Å². The number of carbonyl (C=O) groups is 2. The van der Waals surface area contributed by atoms with E-state index in [-0.39, 0.29) is 23.9 Å². The number of carbonyl (C=O) groups excluding carboxylic acids is 2. The Hall–Kier alpha value is -2.94. The molecule has 1 aliphatic rings. The van der Waals surface area contributed by atoms with Crippen molar-refractivity contribution in [2.24, 2.45) is 5.92 Å². The Morgan fingerprint density at radius 3 is 2.47 bits per heavy atom. The van der Waals surface area contributed by atoms with E-state index in [2.05, 4.69) is 12.2 Å². The molecule has 0 aliphatic carbocycles. The second-order valence-electron chi connectivity index (χ2n) is 8.58. The Labute approximate surface area is 200 Å². The minimum Gasteiger partial charge on any atom is -0.341 e. The van der Waals surface area contributed by atoms with Crippen LogP contribution in [0.5, 0.6) is 0 Å². The van der Waals surface area contributed by atoms with Gasteiger partial charge in [-0.2, -0.15) is 13.2 Å². The quantitative estimate of drug-likeness (QED) is 0.456. The lowest BCUT2D eigenvalue weighted by molar-refractivity contribution is -0.137. The Morgan fingerprint density at radius 1 is 1.06 bits per heavy atom. The van der Waals surface area contributed by atoms with Gasteiger partial charge in [0.15, 0.2) is 0 Å². The summed E-state index contributed by atoms with van der Waals surface area (Å²) >= 11 is 1.24. The van der Waals surface area contributed by atoms with E-state index in [0.717, 1.165) is 47.8 Å². The van der Waals surface area contributed by atoms with Crippen molar-refractivity contribution in [3.63, 3.8) is 0 Å². The Kier molecular flexibility index (Phi) is 7.21. The molecule has 0 unspecified atom stereocenters. The molecule has 1 saturated heterocycles. The molecule has 0 atom stereocenters. The summed E-state index contributed by atoms with van der Waals surface area (Å²) in [5.74, 6) is 0.106. The van der Waals surface area contributed by atoms with Crippen LogP contribution in [0.2, 0.25) is 0 Å². The number of thioether (sulfide) groups is 1. The molecule has 0 saturated carbocycles. The highest BCUT2D eigenvalue weighted by molar-refractivity contribution is 8.00. The third-order valence-electron chi connectivity index (χ3n) is 6.06. The lowest BCUT2D eigenvalue weighted by Crippen LogP contribution is -2.39. The number of rotatable bonds is 6. The second kappa shape index (κ2) is 10.1. The summed E-state index contributed by atoms with van der Waals surface area (Å²) in [6, 6.07) is 12.5. The van der Waals surface area contributed by atoms with Crippen molar-refractivity contribution >= 4 is 40.2 Å². The number of fused-ring (bicyclic) bond motifs is 1. The SMILES string of the molecule is CC1CCN(C(=O)Cn2cc(SCC(=O)Nc3ccccc3C(F)(F)F)c3ccccc32)CC1. The number of aromatic nitrogens is 1. The maximum atomic E-state index is 13.2. The van der Waals surface area contributed by atoms with Gasteiger partial charge < -0.3 is 14.8 Å². The van der Waals surface area contributed by atoms with Gasteiger partial charge in [-0.05, 0) is 37.0 Å². The summed E-state index contributed by atoms with van der Waals surface area (Å²) in [5, 5.41) is 3.27. The number of likely N-dealkylation sites (tertiary alicyclic amines) is 1. The predicted octanol–water partition coefficient (Wildman–Crippen LogP) is 5.65. The van der Waals surface area contributed by atoms with Gasteiger partial charge in [-0.25, -0.2) is 0 Å². The van der Waals surface area contributed by atoms with Crippen molar-refractivity contribution in [2.45, 2.75) is 37.4 Å². The van der Waals surface area contributed by atoms with Crippen molar-refractivity contribution < 1.29 is 22.8 Å². The molecule has 0 bridgehead atoms. The van der Waals surface area contributed by atoms with Gasteiger partial charge in [-0.15, -0.1) is 11.8 Å². The standard InChI is InChI=1S/C25H26F3N3O2S/c1-17-10-12-30(13-11-17)24(33)15-31-14-22(18-6-2-5-9-21(18)31)34-16-23(32)29-20-8-4-3-7-19(20)25(26,27)28/h2-9,14,17H,10-13,15-16H2,1H3,(H,29,32). The number of halogens is 3. The summed E-state index contributed by atoms with van der Waals surface area (Å²) in [4.78, 5) is 28.0. The molecule has 180 valence electrons. The first-order chi connectivity index (χ1) is 16.2. The highest BCUT2D eigenvalue weighted by Crippen LogP contribution is 2.35. The molecule has 1 fully saturated rings. The van der Waals surface area contributed by atoms with Crippen LogP contribution in [0.3, 0.4) is 0 Å². The Balaban J connectivity index is 1.45. The molecule has 0 radical (unpaired) electrons. The van der Waals surface area contributed by atoms with Crippen molar-refractivity contribution in [1.82, 2.24) is 9.47 Å². The average Bonchev–Trinajstić information content (AvgIpc) is 3.15. The van der Waals surface area contributed by atoms with E-state index in [1.807, 2.05) is 39.9 Å². The molecule has 4 rings (SSSR count). The van der Waals surface area contributed by atoms with E-state index in [1.165, 1.54) is 30.0 Å². The average molecular weight is 490 g/mol. The molecule has 34 heavy (non-hydrogen) atoms. The monoisotopic (exact) mass is 489 g/mol. The minimum absolute atomic E-state index is 0.0574. The predicted molar refractivity (Wildman–Crippen MR) is 128 cm³/mol. The molecular weight excluding hydrogens is 463 g/mol. The number of hydrogen-bond acceptors (Lipinski definition) is 3. The maximum absolute atomic E-state index is 13.2. The van der Waals surface area contributed by atoms with E-state index in [1.54, 1.807) is 0 Å². The summed E-state index contributed by atoms with van der Waals surface area (Å²) < 4.78 is 41.5. The normalized spacial score (nSPS) is 15.0. The lowest BCUT2D eigenvalue weighted by Gasteiger charge is -2.30. The van der Waals surface area contributed by atoms with Crippen molar-refractivity contribution in [3.8, 4) is 0 Å². The van der Waals surface area contributed by atoms with Gasteiger partial charge in [0.25, 0.3) is 0 Å². The van der Waals surface area contributed by atoms with Crippen LogP contribution < -0.4 is 5.32 Å². The maximum Gasteiger partial charge on any atom is 0.418 e. The molecule has 2 aromatic carbocycles. The zero-order valence-electron chi connectivity index (χ0n) is 18.8. The van der Waals surface area contributed by atoms with Gasteiger partial charge in [0.05, 0.1) is 17.0 Å². The molecule has 9 heteroatoms. The fourth-order valence-electron chi connectivity index (χ4n) is 4.13. The Bertz CT molecular complexity index is 1180. The molecule has 2 amide bonds. The number of benzene rings is 2. The van der Waals surface area contributed by atoms with Crippen molar-refractivity contribution in [2.75, 3.05) is 24.2 Å². The first-order valence-corrected chi connectivity index (χ1v) is 12.2. The van der Waals surface area contributed by atoms with Crippen LogP contribution in [0.15, 0.2) is 59.6 Å². The number of alkyl halides is 3. The van der Waals surface area contributed by atoms with Gasteiger partial charge in [0.1, 0.15) is 6.54 Å². The number of hydrogen-bond donors (Lipinski definition) is 1. The van der Waals surface area contributed by atoms with Gasteiger partial charge in [0.2, 0.25) is 11.8 Å². The number of para-hydroxylation sites is 2. The molecule has 1 aliphatic heterocycles. The van der Waals surface area contributed by atoms with E-state index in [9.17, 15) is 22.8 Å². The number of amides is 2. The highest BCUT2D eigenvalue weighted by Gasteiger charge is 2.33. The van der Waals surface area contributed by atoms with E-state index in [4.69, 9.17) is 0 Å². The summed E-state index contributed by atoms with van der Waals surface area (Å²) in [5.41, 5.74) is -0.258. The summed E-state index contributed by atoms with van der Waals surface area (Å²) in [6.07, 6.45) is -0.697. The number of nitrogens with one attached hydrogen (secondary N) is 1. The zero-order chi connectivity index (χ0) is 24.3. The molecule has 3 aromatic rings. The van der Waals surface area contributed by atoms with Crippen LogP contribution in [0.1, 0.15) is 25.3 Å². The number of piperidine rings is 1. The third kappa shape index (κ3) is 5.58. The topological polar surface area (TPSA) is 54.3 Å². The molecule has 1 N–H and O–H groups in total. The zero-order valence-corrected chi connectivity index (χ0v) is 19.6. The number of nitrogens with zero attached hydrogens (tertiary/aromatic N) is 2. The van der Waals surface area contributed by atoms with Crippen LogP contribution in [0, 0.1) is 5.92 Å². The molecule has 2 heterocycles. The van der Waals surface area contributed by atoms with Crippen LogP contribution in [-0.2, 0) is 22.3 Å². The first-order valence-electron chi connectivity index (χ1n) is 11.2. The number of anilines is 1. The molecule has 5 nitrogen and oxygen atoms in total. The first kappa shape index (κ1) is 24.2. The fraction of sp³-hybridized carbons (Fsp3) is 0.360. The van der Waals surface area contributed by atoms with Crippen LogP contribution in [-0.4, -0.2) is 40.1 Å². The van der Waals surface area contributed by atoms with Crippen molar-refractivity contribution in [3.05, 3.63) is 60.3 Å². The van der Waals surface area contributed by atoms with E-state index < -0.39 is 17.6 Å². The molecule has 1 aromatic heterocycles. The van der Waals surface area contributed by atoms with E-state index in [0.29, 0.717) is 5.92 Å². The van der Waals surface area contributed by atoms with Crippen LogP contribution >= 0.6 is 11.8 Å². The van der Waals surface area contributed by atoms with Crippen molar-refractivity contribution in [1.29, 1.82) is 0 Å². The van der Waals surface area contributed by atoms with Crippen LogP contribution in [0.4, 0.5) is 18.9 Å².